The van der Waals surface area contributed by atoms with Crippen molar-refractivity contribution >= 4 is 0 Å². The van der Waals surface area contributed by atoms with Gasteiger partial charge < -0.3 is 5.32 Å². The van der Waals surface area contributed by atoms with Gasteiger partial charge in [-0.25, -0.2) is 0 Å². The lowest BCUT2D eigenvalue weighted by atomic mass is 9.80. The van der Waals surface area contributed by atoms with Gasteiger partial charge in [0.25, 0.3) is 0 Å². The van der Waals surface area contributed by atoms with E-state index in [-0.39, 0.29) is 0 Å². The highest BCUT2D eigenvalue weighted by Gasteiger charge is 2.21. The molecule has 1 aliphatic rings. The fraction of sp³-hybridized carbons (Fsp3) is 0.833. The first-order chi connectivity index (χ1) is 6.36. The summed E-state index contributed by atoms with van der Waals surface area (Å²) in [6.45, 7) is 3.24. The first-order valence-corrected chi connectivity index (χ1v) is 5.53. The van der Waals surface area contributed by atoms with Crippen molar-refractivity contribution in [3.63, 3.8) is 0 Å². The minimum absolute atomic E-state index is 0.673. The Labute approximate surface area is 82.3 Å². The Kier molecular flexibility index (Phi) is 4.93. The molecule has 1 aliphatic carbocycles. The number of rotatable bonds is 6. The standard InChI is InChI=1S/C12H21N/c1-3-5-9-12(13-4-2)10-11-7-6-8-11/h1,11-13H,4-10H2,2H3. The van der Waals surface area contributed by atoms with Crippen molar-refractivity contribution in [2.45, 2.75) is 51.5 Å². The first-order valence-electron chi connectivity index (χ1n) is 5.53. The second-order valence-corrected chi connectivity index (χ2v) is 4.03. The summed E-state index contributed by atoms with van der Waals surface area (Å²) in [5, 5.41) is 3.52. The molecule has 0 aromatic heterocycles. The molecule has 0 bridgehead atoms. The van der Waals surface area contributed by atoms with E-state index in [1.807, 2.05) is 0 Å². The molecule has 1 atom stereocenters. The number of hydrogen-bond acceptors (Lipinski definition) is 1. The van der Waals surface area contributed by atoms with Crippen LogP contribution < -0.4 is 5.32 Å². The van der Waals surface area contributed by atoms with Gasteiger partial charge in [0, 0.05) is 12.5 Å². The highest BCUT2D eigenvalue weighted by Crippen LogP contribution is 2.31. The van der Waals surface area contributed by atoms with Crippen LogP contribution in [0.25, 0.3) is 0 Å². The van der Waals surface area contributed by atoms with E-state index >= 15 is 0 Å². The second-order valence-electron chi connectivity index (χ2n) is 4.03. The number of nitrogens with one attached hydrogen (secondary N) is 1. The van der Waals surface area contributed by atoms with Gasteiger partial charge >= 0.3 is 0 Å². The zero-order valence-corrected chi connectivity index (χ0v) is 8.68. The Morgan fingerprint density at radius 1 is 1.54 bits per heavy atom. The molecule has 0 heterocycles. The third-order valence-electron chi connectivity index (χ3n) is 2.97. The Balaban J connectivity index is 2.16. The minimum Gasteiger partial charge on any atom is -0.314 e. The van der Waals surface area contributed by atoms with Crippen LogP contribution in [0.4, 0.5) is 0 Å². The van der Waals surface area contributed by atoms with E-state index in [0.717, 1.165) is 25.3 Å². The monoisotopic (exact) mass is 179 g/mol. The van der Waals surface area contributed by atoms with Gasteiger partial charge in [0.15, 0.2) is 0 Å². The molecule has 0 radical (unpaired) electrons. The molecular weight excluding hydrogens is 158 g/mol. The van der Waals surface area contributed by atoms with Crippen molar-refractivity contribution in [3.05, 3.63) is 0 Å². The average molecular weight is 179 g/mol. The molecule has 1 rings (SSSR count). The summed E-state index contributed by atoms with van der Waals surface area (Å²) in [6.07, 6.45) is 13.0. The van der Waals surface area contributed by atoms with Gasteiger partial charge in [-0.15, -0.1) is 12.3 Å². The Hall–Kier alpha value is -0.480. The largest absolute Gasteiger partial charge is 0.314 e. The van der Waals surface area contributed by atoms with E-state index in [0.29, 0.717) is 6.04 Å². The molecule has 1 nitrogen and oxygen atoms in total. The summed E-state index contributed by atoms with van der Waals surface area (Å²) in [5.74, 6) is 3.71. The number of terminal acetylenes is 1. The maximum atomic E-state index is 5.27. The lowest BCUT2D eigenvalue weighted by molar-refractivity contribution is 0.256. The van der Waals surface area contributed by atoms with Gasteiger partial charge in [0.2, 0.25) is 0 Å². The zero-order valence-electron chi connectivity index (χ0n) is 8.68. The van der Waals surface area contributed by atoms with Gasteiger partial charge in [-0.3, -0.25) is 0 Å². The van der Waals surface area contributed by atoms with Crippen LogP contribution in [0.2, 0.25) is 0 Å². The van der Waals surface area contributed by atoms with Crippen molar-refractivity contribution in [3.8, 4) is 12.3 Å². The molecule has 1 unspecified atom stereocenters. The summed E-state index contributed by atoms with van der Waals surface area (Å²) in [7, 11) is 0. The van der Waals surface area contributed by atoms with Gasteiger partial charge in [-0.1, -0.05) is 26.2 Å². The van der Waals surface area contributed by atoms with Crippen LogP contribution in [0.15, 0.2) is 0 Å². The van der Waals surface area contributed by atoms with Gasteiger partial charge in [-0.05, 0) is 25.3 Å². The fourth-order valence-electron chi connectivity index (χ4n) is 1.98. The van der Waals surface area contributed by atoms with Gasteiger partial charge in [0.1, 0.15) is 0 Å². The lowest BCUT2D eigenvalue weighted by Crippen LogP contribution is -2.32. The van der Waals surface area contributed by atoms with E-state index in [9.17, 15) is 0 Å². The molecule has 0 aromatic rings. The lowest BCUT2D eigenvalue weighted by Gasteiger charge is -2.29. The third kappa shape index (κ3) is 3.83. The van der Waals surface area contributed by atoms with Crippen molar-refractivity contribution < 1.29 is 0 Å². The SMILES string of the molecule is C#CCCC(CC1CCC1)NCC. The predicted octanol–water partition coefficient (Wildman–Crippen LogP) is 2.57. The smallest absolute Gasteiger partial charge is 0.0101 e. The van der Waals surface area contributed by atoms with Gasteiger partial charge in [-0.2, -0.15) is 0 Å². The topological polar surface area (TPSA) is 12.0 Å². The fourth-order valence-corrected chi connectivity index (χ4v) is 1.98. The quantitative estimate of drug-likeness (QED) is 0.618. The minimum atomic E-state index is 0.673. The summed E-state index contributed by atoms with van der Waals surface area (Å²) in [6, 6.07) is 0.673. The van der Waals surface area contributed by atoms with E-state index in [2.05, 4.69) is 18.2 Å². The van der Waals surface area contributed by atoms with Crippen LogP contribution in [-0.4, -0.2) is 12.6 Å². The first kappa shape index (κ1) is 10.6. The molecule has 74 valence electrons. The average Bonchev–Trinajstić information content (AvgIpc) is 2.07. The normalized spacial score (nSPS) is 19.1. The molecular formula is C12H21N. The molecule has 1 heteroatoms. The van der Waals surface area contributed by atoms with Crippen LogP contribution in [-0.2, 0) is 0 Å². The van der Waals surface area contributed by atoms with Crippen LogP contribution in [0.3, 0.4) is 0 Å². The molecule has 13 heavy (non-hydrogen) atoms. The molecule has 1 saturated carbocycles. The second kappa shape index (κ2) is 6.05. The molecule has 0 spiro atoms. The van der Waals surface area contributed by atoms with Crippen LogP contribution in [0.1, 0.15) is 45.4 Å². The maximum Gasteiger partial charge on any atom is 0.0101 e. The Bertz CT molecular complexity index is 164. The number of hydrogen-bond donors (Lipinski definition) is 1. The van der Waals surface area contributed by atoms with E-state index < -0.39 is 0 Å². The highest BCUT2D eigenvalue weighted by atomic mass is 14.9. The van der Waals surface area contributed by atoms with Crippen LogP contribution >= 0.6 is 0 Å². The van der Waals surface area contributed by atoms with Gasteiger partial charge in [0.05, 0.1) is 0 Å². The summed E-state index contributed by atoms with van der Waals surface area (Å²) < 4.78 is 0. The van der Waals surface area contributed by atoms with E-state index in [4.69, 9.17) is 6.42 Å². The van der Waals surface area contributed by atoms with E-state index in [1.165, 1.54) is 25.7 Å². The van der Waals surface area contributed by atoms with Crippen LogP contribution in [0.5, 0.6) is 0 Å². The summed E-state index contributed by atoms with van der Waals surface area (Å²) >= 11 is 0. The molecule has 1 fully saturated rings. The third-order valence-corrected chi connectivity index (χ3v) is 2.97. The van der Waals surface area contributed by atoms with Crippen LogP contribution in [0, 0.1) is 18.3 Å². The zero-order chi connectivity index (χ0) is 9.52. The molecule has 0 aromatic carbocycles. The maximum absolute atomic E-state index is 5.27. The van der Waals surface area contributed by atoms with Crippen molar-refractivity contribution in [1.29, 1.82) is 0 Å². The highest BCUT2D eigenvalue weighted by molar-refractivity contribution is 4.87. The Morgan fingerprint density at radius 3 is 2.77 bits per heavy atom. The molecule has 0 saturated heterocycles. The summed E-state index contributed by atoms with van der Waals surface area (Å²) in [5.41, 5.74) is 0. The Morgan fingerprint density at radius 2 is 2.31 bits per heavy atom. The summed E-state index contributed by atoms with van der Waals surface area (Å²) in [4.78, 5) is 0. The molecule has 0 aliphatic heterocycles. The van der Waals surface area contributed by atoms with Crippen molar-refractivity contribution in [2.75, 3.05) is 6.54 Å². The van der Waals surface area contributed by atoms with E-state index in [1.54, 1.807) is 0 Å². The van der Waals surface area contributed by atoms with Crippen molar-refractivity contribution in [1.82, 2.24) is 5.32 Å². The van der Waals surface area contributed by atoms with Crippen molar-refractivity contribution in [2.24, 2.45) is 5.92 Å². The molecule has 1 N–H and O–H groups in total. The molecule has 0 amide bonds. The predicted molar refractivity (Wildman–Crippen MR) is 57.5 cm³/mol.